The van der Waals surface area contributed by atoms with Crippen LogP contribution in [0.5, 0.6) is 0 Å². The molecule has 4 aliphatic rings. The van der Waals surface area contributed by atoms with Gasteiger partial charge in [0.15, 0.2) is 0 Å². The average molecular weight is 655 g/mol. The highest BCUT2D eigenvalue weighted by Gasteiger charge is 2.11. The summed E-state index contributed by atoms with van der Waals surface area (Å²) in [5, 5.41) is 2.41. The van der Waals surface area contributed by atoms with E-state index in [4.69, 9.17) is 9.97 Å². The van der Waals surface area contributed by atoms with E-state index in [1.807, 2.05) is 0 Å². The molecule has 2 aromatic carbocycles. The van der Waals surface area contributed by atoms with Gasteiger partial charge in [0.25, 0.3) is 0 Å². The molecule has 0 aromatic heterocycles. The summed E-state index contributed by atoms with van der Waals surface area (Å²) in [4.78, 5) is 16.2. The van der Waals surface area contributed by atoms with Gasteiger partial charge in [-0.05, 0) is 48.5 Å². The highest BCUT2D eigenvalue weighted by Crippen LogP contribution is 2.32. The van der Waals surface area contributed by atoms with Crippen LogP contribution in [-0.2, 0) is 0 Å². The van der Waals surface area contributed by atoms with E-state index in [2.05, 4.69) is 148 Å². The van der Waals surface area contributed by atoms with Gasteiger partial charge in [-0.2, -0.15) is 0 Å². The molecule has 228 valence electrons. The maximum absolute atomic E-state index is 4.75. The van der Waals surface area contributed by atoms with Crippen LogP contribution in [0.15, 0.2) is 72.8 Å². The van der Waals surface area contributed by atoms with Gasteiger partial charge in [-0.25, -0.2) is 19.1 Å². The third-order valence-electron chi connectivity index (χ3n) is 6.76. The zero-order valence-corrected chi connectivity index (χ0v) is 29.3. The largest absolute Gasteiger partial charge is 1.00 e. The van der Waals surface area contributed by atoms with Crippen LogP contribution in [-0.4, -0.2) is 66.3 Å². The Labute approximate surface area is 275 Å². The molecule has 0 N–H and O–H groups in total. The second-order valence-electron chi connectivity index (χ2n) is 10.6. The predicted molar refractivity (Wildman–Crippen MR) is 182 cm³/mol. The third-order valence-corrected chi connectivity index (χ3v) is 8.95. The zero-order valence-electron chi connectivity index (χ0n) is 26.2. The Kier molecular flexibility index (Phi) is 12.5. The smallest absolute Gasteiger partial charge is 0.201 e. The van der Waals surface area contributed by atoms with Crippen molar-refractivity contribution < 1.29 is 24.8 Å². The molecule has 6 rings (SSSR count). The minimum atomic E-state index is 0. The first-order chi connectivity index (χ1) is 19.1. The van der Waals surface area contributed by atoms with Gasteiger partial charge in [0, 0.05) is 63.8 Å². The summed E-state index contributed by atoms with van der Waals surface area (Å²) in [5.41, 5.74) is 6.66. The van der Waals surface area contributed by atoms with Crippen molar-refractivity contribution in [2.24, 2.45) is 0 Å². The summed E-state index contributed by atoms with van der Waals surface area (Å²) in [5.74, 6) is 0. The lowest BCUT2D eigenvalue weighted by Crippen LogP contribution is -3.00. The van der Waals surface area contributed by atoms with Gasteiger partial charge in [0.1, 0.15) is 28.2 Å². The standard InChI is InChI=1S/2C16H18N3S.CH3.2ClH/c2*1-18(2)11-5-7-13-15(9-11)20-16-10-12(19(3)4)6-8-14(16)17-13;;;/h2*5-10H,1-4H3;1H3;2*1H/q2*+1;-1;;/p-2. The average Bonchev–Trinajstić information content (AvgIpc) is 2.93. The van der Waals surface area contributed by atoms with Crippen molar-refractivity contribution in [3.63, 3.8) is 0 Å². The number of halogens is 2. The Morgan fingerprint density at radius 3 is 1.23 bits per heavy atom. The molecule has 0 saturated heterocycles. The highest BCUT2D eigenvalue weighted by molar-refractivity contribution is 7.21. The van der Waals surface area contributed by atoms with Gasteiger partial charge in [-0.1, -0.05) is 0 Å². The first-order valence-corrected chi connectivity index (χ1v) is 14.8. The minimum Gasteiger partial charge on any atom is -1.00 e. The number of nitrogens with zero attached hydrogens (tertiary/aromatic N) is 6. The first-order valence-electron chi connectivity index (χ1n) is 13.1. The SMILES string of the molecule is CN(C)c1ccc2nc3ccc(=[N+](C)C)cc-3sc2c1.CN(C)c1ccc2nc3ccc(=[N+](C)C)cc-3sc2c1.[CH3-].[Cl-].[Cl-]. The summed E-state index contributed by atoms with van der Waals surface area (Å²) < 4.78 is 6.68. The monoisotopic (exact) mass is 653 g/mol. The van der Waals surface area contributed by atoms with E-state index in [9.17, 15) is 0 Å². The van der Waals surface area contributed by atoms with E-state index < -0.39 is 0 Å². The summed E-state index contributed by atoms with van der Waals surface area (Å²) in [7, 11) is 16.5. The molecule has 0 saturated carbocycles. The number of hydrogen-bond donors (Lipinski definition) is 0. The number of anilines is 2. The zero-order chi connectivity index (χ0) is 28.6. The second-order valence-corrected chi connectivity index (χ2v) is 12.8. The third kappa shape index (κ3) is 8.00. The predicted octanol–water partition coefficient (Wildman–Crippen LogP) is -0.544. The Bertz CT molecular complexity index is 1780. The molecule has 43 heavy (non-hydrogen) atoms. The molecule has 0 unspecified atom stereocenters. The molecule has 2 aliphatic carbocycles. The fourth-order valence-corrected chi connectivity index (χ4v) is 6.38. The van der Waals surface area contributed by atoms with Crippen molar-refractivity contribution in [3.8, 4) is 21.1 Å². The van der Waals surface area contributed by atoms with Crippen LogP contribution in [0, 0.1) is 7.43 Å². The van der Waals surface area contributed by atoms with Gasteiger partial charge in [0.2, 0.25) is 10.7 Å². The lowest BCUT2D eigenvalue weighted by Gasteiger charge is -2.13. The molecule has 0 atom stereocenters. The second kappa shape index (κ2) is 14.9. The topological polar surface area (TPSA) is 38.3 Å². The van der Waals surface area contributed by atoms with Crippen LogP contribution < -0.4 is 54.5 Å². The molecule has 2 aliphatic heterocycles. The first kappa shape index (κ1) is 35.9. The van der Waals surface area contributed by atoms with E-state index in [0.717, 1.165) is 22.4 Å². The molecule has 0 radical (unpaired) electrons. The van der Waals surface area contributed by atoms with Crippen molar-refractivity contribution in [2.75, 3.05) is 66.2 Å². The molecule has 0 spiro atoms. The summed E-state index contributed by atoms with van der Waals surface area (Å²) in [6.45, 7) is 0. The number of hydrogen-bond acceptors (Lipinski definition) is 6. The number of benzene rings is 4. The molecule has 2 aromatic rings. The van der Waals surface area contributed by atoms with E-state index in [-0.39, 0.29) is 32.2 Å². The van der Waals surface area contributed by atoms with E-state index >= 15 is 0 Å². The molecule has 6 nitrogen and oxygen atoms in total. The van der Waals surface area contributed by atoms with Gasteiger partial charge >= 0.3 is 0 Å². The Morgan fingerprint density at radius 2 is 0.907 bits per heavy atom. The van der Waals surface area contributed by atoms with Gasteiger partial charge in [-0.15, -0.1) is 22.7 Å². The molecular formula is C33H39Cl2N6S2-. The van der Waals surface area contributed by atoms with Crippen molar-refractivity contribution in [1.82, 2.24) is 19.1 Å². The van der Waals surface area contributed by atoms with Gasteiger partial charge < -0.3 is 42.0 Å². The van der Waals surface area contributed by atoms with E-state index in [0.29, 0.717) is 0 Å². The van der Waals surface area contributed by atoms with Crippen molar-refractivity contribution in [2.45, 2.75) is 0 Å². The molecule has 0 amide bonds. The molecule has 10 heteroatoms. The van der Waals surface area contributed by atoms with Crippen molar-refractivity contribution in [3.05, 3.63) is 90.9 Å². The Hall–Kier alpha value is -3.30. The van der Waals surface area contributed by atoms with Gasteiger partial charge in [0.05, 0.1) is 41.6 Å². The van der Waals surface area contributed by atoms with Crippen LogP contribution in [0.4, 0.5) is 11.4 Å². The number of aromatic nitrogens is 2. The maximum Gasteiger partial charge on any atom is 0.201 e. The normalized spacial score (nSPS) is 10.2. The van der Waals surface area contributed by atoms with E-state index in [1.165, 1.54) is 41.2 Å². The van der Waals surface area contributed by atoms with E-state index in [1.54, 1.807) is 22.7 Å². The minimum absolute atomic E-state index is 0. The van der Waals surface area contributed by atoms with Crippen LogP contribution in [0.25, 0.3) is 41.6 Å². The molecular weight excluding hydrogens is 615 g/mol. The lowest BCUT2D eigenvalue weighted by atomic mass is 10.2. The molecule has 0 bridgehead atoms. The Balaban J connectivity index is 0.000000281. The van der Waals surface area contributed by atoms with Crippen LogP contribution in [0.3, 0.4) is 0 Å². The summed E-state index contributed by atoms with van der Waals surface area (Å²) in [6.07, 6.45) is 0. The lowest BCUT2D eigenvalue weighted by molar-refractivity contribution is -0.001000. The van der Waals surface area contributed by atoms with Crippen LogP contribution in [0.2, 0.25) is 0 Å². The fraction of sp³-hybridized carbons (Fsp3) is 0.242. The van der Waals surface area contributed by atoms with Crippen molar-refractivity contribution in [1.29, 1.82) is 0 Å². The highest BCUT2D eigenvalue weighted by atomic mass is 35.5. The Morgan fingerprint density at radius 1 is 0.535 bits per heavy atom. The quantitative estimate of drug-likeness (QED) is 0.143. The van der Waals surface area contributed by atoms with Crippen LogP contribution >= 0.6 is 22.7 Å². The molecule has 0 fully saturated rings. The van der Waals surface area contributed by atoms with Crippen molar-refractivity contribution >= 4 is 54.5 Å². The number of rotatable bonds is 2. The van der Waals surface area contributed by atoms with Crippen LogP contribution in [0.1, 0.15) is 0 Å². The van der Waals surface area contributed by atoms with Gasteiger partial charge in [-0.3, -0.25) is 0 Å². The summed E-state index contributed by atoms with van der Waals surface area (Å²) >= 11 is 3.60. The molecule has 2 heterocycles. The maximum atomic E-state index is 4.75. The fourth-order valence-electron chi connectivity index (χ4n) is 4.32. The number of fused-ring (bicyclic) bond motifs is 4. The summed E-state index contributed by atoms with van der Waals surface area (Å²) in [6, 6.07) is 25.7.